The van der Waals surface area contributed by atoms with Crippen molar-refractivity contribution in [3.63, 3.8) is 0 Å². The Kier molecular flexibility index (Phi) is 6.30. The Bertz CT molecular complexity index is 851. The fourth-order valence-electron chi connectivity index (χ4n) is 5.47. The first-order valence-electron chi connectivity index (χ1n) is 11.4. The van der Waals surface area contributed by atoms with Crippen molar-refractivity contribution in [2.24, 2.45) is 0 Å². The molecule has 3 heterocycles. The van der Waals surface area contributed by atoms with Gasteiger partial charge in [-0.1, -0.05) is 18.2 Å². The minimum absolute atomic E-state index is 0.362. The molecule has 1 unspecified atom stereocenters. The molecule has 0 saturated carbocycles. The van der Waals surface area contributed by atoms with Gasteiger partial charge in [0.1, 0.15) is 6.17 Å². The third-order valence-corrected chi connectivity index (χ3v) is 6.99. The predicted octanol–water partition coefficient (Wildman–Crippen LogP) is 4.15. The highest BCUT2D eigenvalue weighted by Crippen LogP contribution is 2.44. The maximum Gasteiger partial charge on any atom is 0.117 e. The molecule has 0 radical (unpaired) electrons. The number of nitrogens with zero attached hydrogens (tertiary/aromatic N) is 5. The molecule has 1 saturated heterocycles. The second-order valence-electron chi connectivity index (χ2n) is 9.25. The molecule has 3 atom stereocenters. The van der Waals surface area contributed by atoms with Crippen LogP contribution in [0.1, 0.15) is 43.0 Å². The van der Waals surface area contributed by atoms with Crippen LogP contribution in [0.4, 0.5) is 11.4 Å². The number of para-hydroxylation sites is 2. The Morgan fingerprint density at radius 1 is 1.03 bits per heavy atom. The van der Waals surface area contributed by atoms with E-state index in [1.54, 1.807) is 0 Å². The Morgan fingerprint density at radius 3 is 2.53 bits per heavy atom. The SMILES string of the molecule is Cc1cccnc1[C@@H]1CCC[C@H](C2N(C)c3ccccc3N2CCCN(C)C)N1C. The van der Waals surface area contributed by atoms with Crippen molar-refractivity contribution in [1.82, 2.24) is 14.8 Å². The molecule has 1 aromatic heterocycles. The van der Waals surface area contributed by atoms with Gasteiger partial charge in [-0.05, 0) is 84.1 Å². The van der Waals surface area contributed by atoms with Gasteiger partial charge >= 0.3 is 0 Å². The van der Waals surface area contributed by atoms with Gasteiger partial charge in [-0.15, -0.1) is 0 Å². The molecule has 0 N–H and O–H groups in total. The van der Waals surface area contributed by atoms with Gasteiger partial charge in [0.15, 0.2) is 0 Å². The molecule has 0 spiro atoms. The van der Waals surface area contributed by atoms with Crippen LogP contribution in [0.3, 0.4) is 0 Å². The Morgan fingerprint density at radius 2 is 1.80 bits per heavy atom. The summed E-state index contributed by atoms with van der Waals surface area (Å²) in [4.78, 5) is 14.9. The van der Waals surface area contributed by atoms with Gasteiger partial charge < -0.3 is 14.7 Å². The summed E-state index contributed by atoms with van der Waals surface area (Å²) in [7, 11) is 8.92. The van der Waals surface area contributed by atoms with E-state index in [1.807, 2.05) is 12.3 Å². The molecule has 0 amide bonds. The maximum absolute atomic E-state index is 4.79. The predicted molar refractivity (Wildman–Crippen MR) is 126 cm³/mol. The molecular formula is C25H37N5. The normalized spacial score (nSPS) is 24.5. The number of aryl methyl sites for hydroxylation is 1. The molecule has 0 bridgehead atoms. The van der Waals surface area contributed by atoms with E-state index in [1.165, 1.54) is 48.3 Å². The molecular weight excluding hydrogens is 370 g/mol. The molecule has 5 nitrogen and oxygen atoms in total. The van der Waals surface area contributed by atoms with Crippen LogP contribution < -0.4 is 9.80 Å². The molecule has 4 rings (SSSR count). The van der Waals surface area contributed by atoms with E-state index in [0.29, 0.717) is 18.2 Å². The first-order chi connectivity index (χ1) is 14.5. The second kappa shape index (κ2) is 8.94. The van der Waals surface area contributed by atoms with E-state index in [-0.39, 0.29) is 0 Å². The lowest BCUT2D eigenvalue weighted by Gasteiger charge is -2.47. The van der Waals surface area contributed by atoms with Crippen LogP contribution >= 0.6 is 0 Å². The molecule has 1 aromatic carbocycles. The third-order valence-electron chi connectivity index (χ3n) is 6.99. The lowest BCUT2D eigenvalue weighted by Crippen LogP contribution is -2.58. The zero-order chi connectivity index (χ0) is 21.3. The van der Waals surface area contributed by atoms with Crippen molar-refractivity contribution in [3.8, 4) is 0 Å². The van der Waals surface area contributed by atoms with Gasteiger partial charge in [-0.25, -0.2) is 0 Å². The van der Waals surface area contributed by atoms with Gasteiger partial charge in [0.25, 0.3) is 0 Å². The van der Waals surface area contributed by atoms with Crippen molar-refractivity contribution in [2.45, 2.75) is 50.9 Å². The molecule has 162 valence electrons. The van der Waals surface area contributed by atoms with Crippen molar-refractivity contribution < 1.29 is 0 Å². The van der Waals surface area contributed by atoms with Crippen molar-refractivity contribution >= 4 is 11.4 Å². The molecule has 1 fully saturated rings. The average molecular weight is 408 g/mol. The minimum atomic E-state index is 0.362. The smallest absolute Gasteiger partial charge is 0.117 e. The van der Waals surface area contributed by atoms with Crippen LogP contribution in [0.15, 0.2) is 42.6 Å². The summed E-state index contributed by atoms with van der Waals surface area (Å²) < 4.78 is 0. The van der Waals surface area contributed by atoms with Crippen LogP contribution in [-0.2, 0) is 0 Å². The van der Waals surface area contributed by atoms with Crippen LogP contribution in [0.25, 0.3) is 0 Å². The van der Waals surface area contributed by atoms with Crippen molar-refractivity contribution in [1.29, 1.82) is 0 Å². The fraction of sp³-hybridized carbons (Fsp3) is 0.560. The van der Waals surface area contributed by atoms with E-state index in [4.69, 9.17) is 4.98 Å². The molecule has 30 heavy (non-hydrogen) atoms. The summed E-state index contributed by atoms with van der Waals surface area (Å²) in [6.45, 7) is 4.40. The minimum Gasteiger partial charge on any atom is -0.351 e. The van der Waals surface area contributed by atoms with Gasteiger partial charge in [0, 0.05) is 25.8 Å². The zero-order valence-electron chi connectivity index (χ0n) is 19.3. The number of hydrogen-bond acceptors (Lipinski definition) is 5. The van der Waals surface area contributed by atoms with Gasteiger partial charge in [-0.2, -0.15) is 0 Å². The second-order valence-corrected chi connectivity index (χ2v) is 9.25. The lowest BCUT2D eigenvalue weighted by atomic mass is 9.90. The number of pyridine rings is 1. The van der Waals surface area contributed by atoms with E-state index >= 15 is 0 Å². The first kappa shape index (κ1) is 21.1. The van der Waals surface area contributed by atoms with Crippen LogP contribution in [0, 0.1) is 6.92 Å². The first-order valence-corrected chi connectivity index (χ1v) is 11.4. The fourth-order valence-corrected chi connectivity index (χ4v) is 5.47. The standard InChI is InChI=1S/C25H37N5/c1-19-11-9-16-26-24(19)22-14-8-15-23(28(22)4)25-29(5)20-12-6-7-13-21(20)30(25)18-10-17-27(2)3/h6-7,9,11-13,16,22-23,25H,8,10,14-15,17-18H2,1-5H3/t22-,23+,25?/m0/s1. The molecule has 2 aromatic rings. The van der Waals surface area contributed by atoms with Crippen molar-refractivity contribution in [3.05, 3.63) is 53.9 Å². The van der Waals surface area contributed by atoms with E-state index in [9.17, 15) is 0 Å². The Labute approximate surface area is 182 Å². The summed E-state index contributed by atoms with van der Waals surface area (Å²) >= 11 is 0. The van der Waals surface area contributed by atoms with Gasteiger partial charge in [-0.3, -0.25) is 9.88 Å². The number of aromatic nitrogens is 1. The highest BCUT2D eigenvalue weighted by molar-refractivity contribution is 5.77. The highest BCUT2D eigenvalue weighted by atomic mass is 15.4. The number of rotatable bonds is 6. The van der Waals surface area contributed by atoms with E-state index in [0.717, 1.165) is 13.1 Å². The van der Waals surface area contributed by atoms with Crippen LogP contribution in [0.2, 0.25) is 0 Å². The number of likely N-dealkylation sites (tertiary alicyclic amines) is 1. The number of fused-ring (bicyclic) bond motifs is 1. The van der Waals surface area contributed by atoms with Crippen LogP contribution in [-0.4, -0.2) is 68.3 Å². The molecule has 2 aliphatic heterocycles. The number of anilines is 2. The summed E-state index contributed by atoms with van der Waals surface area (Å²) in [6, 6.07) is 14.0. The Balaban J connectivity index is 1.62. The molecule has 5 heteroatoms. The van der Waals surface area contributed by atoms with E-state index in [2.05, 4.69) is 85.0 Å². The zero-order valence-corrected chi connectivity index (χ0v) is 19.3. The van der Waals surface area contributed by atoms with Crippen molar-refractivity contribution in [2.75, 3.05) is 51.1 Å². The average Bonchev–Trinajstić information content (AvgIpc) is 3.01. The summed E-state index contributed by atoms with van der Waals surface area (Å²) in [5.41, 5.74) is 5.30. The van der Waals surface area contributed by atoms with Gasteiger partial charge in [0.2, 0.25) is 0 Å². The van der Waals surface area contributed by atoms with E-state index < -0.39 is 0 Å². The summed E-state index contributed by atoms with van der Waals surface area (Å²) in [6.07, 6.45) is 7.15. The molecule has 0 aliphatic carbocycles. The quantitative estimate of drug-likeness (QED) is 0.717. The largest absolute Gasteiger partial charge is 0.351 e. The maximum atomic E-state index is 4.79. The topological polar surface area (TPSA) is 25.9 Å². The molecule has 2 aliphatic rings. The summed E-state index contributed by atoms with van der Waals surface area (Å²) in [5, 5.41) is 0. The number of piperidine rings is 1. The summed E-state index contributed by atoms with van der Waals surface area (Å²) in [5.74, 6) is 0. The number of benzene rings is 1. The Hall–Kier alpha value is -2.11. The van der Waals surface area contributed by atoms with Gasteiger partial charge in [0.05, 0.1) is 23.1 Å². The van der Waals surface area contributed by atoms with Crippen LogP contribution in [0.5, 0.6) is 0 Å². The number of hydrogen-bond donors (Lipinski definition) is 0. The lowest BCUT2D eigenvalue weighted by molar-refractivity contribution is 0.0924. The third kappa shape index (κ3) is 3.93. The number of likely N-dealkylation sites (N-methyl/N-ethyl adjacent to an activating group) is 2. The highest BCUT2D eigenvalue weighted by Gasteiger charge is 2.43. The monoisotopic (exact) mass is 407 g/mol.